The smallest absolute Gasteiger partial charge is 0.187 e. The van der Waals surface area contributed by atoms with E-state index in [9.17, 15) is 0 Å². The van der Waals surface area contributed by atoms with Crippen LogP contribution in [0, 0.1) is 6.57 Å². The Hall–Kier alpha value is -1.49. The van der Waals surface area contributed by atoms with Crippen molar-refractivity contribution < 1.29 is 0 Å². The zero-order valence-electron chi connectivity index (χ0n) is 9.82. The lowest BCUT2D eigenvalue weighted by molar-refractivity contribution is 0.923. The molecule has 2 aromatic carbocycles. The van der Waals surface area contributed by atoms with Crippen molar-refractivity contribution in [2.45, 2.75) is 12.8 Å². The van der Waals surface area contributed by atoms with E-state index in [1.54, 1.807) is 0 Å². The highest BCUT2D eigenvalue weighted by Gasteiger charge is 2.10. The molecule has 0 bridgehead atoms. The van der Waals surface area contributed by atoms with Gasteiger partial charge in [0.15, 0.2) is 5.69 Å². The quantitative estimate of drug-likeness (QED) is 0.620. The predicted octanol–water partition coefficient (Wildman–Crippen LogP) is 5.70. The van der Waals surface area contributed by atoms with Crippen LogP contribution in [0.25, 0.3) is 4.85 Å². The first kappa shape index (κ1) is 13.0. The Balaban J connectivity index is 2.32. The van der Waals surface area contributed by atoms with Crippen LogP contribution < -0.4 is 0 Å². The van der Waals surface area contributed by atoms with Crippen LogP contribution in [-0.4, -0.2) is 0 Å². The molecule has 0 spiro atoms. The molecule has 90 valence electrons. The third kappa shape index (κ3) is 2.67. The van der Waals surface area contributed by atoms with Gasteiger partial charge in [-0.3, -0.25) is 0 Å². The molecule has 18 heavy (non-hydrogen) atoms. The molecule has 0 saturated carbocycles. The third-order valence-corrected chi connectivity index (χ3v) is 3.70. The molecule has 0 saturated heterocycles. The number of hydrogen-bond donors (Lipinski definition) is 0. The van der Waals surface area contributed by atoms with Gasteiger partial charge in [0.1, 0.15) is 0 Å². The van der Waals surface area contributed by atoms with E-state index in [2.05, 4.69) is 11.8 Å². The van der Waals surface area contributed by atoms with Crippen molar-refractivity contribution in [2.24, 2.45) is 0 Å². The van der Waals surface area contributed by atoms with Crippen LogP contribution in [0.3, 0.4) is 0 Å². The first-order valence-electron chi connectivity index (χ1n) is 5.54. The summed E-state index contributed by atoms with van der Waals surface area (Å²) >= 11 is 11.9. The Bertz CT molecular complexity index is 597. The summed E-state index contributed by atoms with van der Waals surface area (Å²) < 4.78 is 0. The summed E-state index contributed by atoms with van der Waals surface area (Å²) in [6.07, 6.45) is 0. The molecule has 0 aromatic heterocycles. The van der Waals surface area contributed by atoms with Crippen LogP contribution in [-0.2, 0) is 0 Å². The molecule has 0 radical (unpaired) electrons. The minimum Gasteiger partial charge on any atom is -0.238 e. The highest BCUT2D eigenvalue weighted by molar-refractivity contribution is 6.42. The number of halogens is 2. The van der Waals surface area contributed by atoms with Gasteiger partial charge in [-0.15, -0.1) is 0 Å². The molecular weight excluding hydrogens is 265 g/mol. The zero-order valence-corrected chi connectivity index (χ0v) is 11.3. The summed E-state index contributed by atoms with van der Waals surface area (Å²) in [4.78, 5) is 3.38. The number of hydrogen-bond acceptors (Lipinski definition) is 0. The maximum absolute atomic E-state index is 6.93. The van der Waals surface area contributed by atoms with E-state index in [1.165, 1.54) is 0 Å². The molecule has 2 rings (SSSR count). The van der Waals surface area contributed by atoms with Crippen molar-refractivity contribution in [1.29, 1.82) is 0 Å². The molecule has 1 nitrogen and oxygen atoms in total. The van der Waals surface area contributed by atoms with Gasteiger partial charge in [0, 0.05) is 5.92 Å². The van der Waals surface area contributed by atoms with E-state index in [-0.39, 0.29) is 5.92 Å². The van der Waals surface area contributed by atoms with Crippen LogP contribution in [0.15, 0.2) is 42.5 Å². The summed E-state index contributed by atoms with van der Waals surface area (Å²) in [5.41, 5.74) is 2.92. The molecular formula is C15H11Cl2N. The summed E-state index contributed by atoms with van der Waals surface area (Å²) in [5, 5.41) is 1.13. The fourth-order valence-electron chi connectivity index (χ4n) is 1.81. The zero-order chi connectivity index (χ0) is 13.1. The molecule has 0 amide bonds. The van der Waals surface area contributed by atoms with Crippen molar-refractivity contribution in [3.63, 3.8) is 0 Å². The van der Waals surface area contributed by atoms with Crippen molar-refractivity contribution in [3.05, 3.63) is 75.1 Å². The topological polar surface area (TPSA) is 4.36 Å². The van der Waals surface area contributed by atoms with Crippen LogP contribution in [0.2, 0.25) is 10.0 Å². The van der Waals surface area contributed by atoms with E-state index in [0.717, 1.165) is 11.1 Å². The molecule has 1 atom stereocenters. The maximum Gasteiger partial charge on any atom is 0.187 e. The van der Waals surface area contributed by atoms with E-state index in [1.807, 2.05) is 42.5 Å². The second kappa shape index (κ2) is 5.44. The largest absolute Gasteiger partial charge is 0.238 e. The van der Waals surface area contributed by atoms with Crippen molar-refractivity contribution in [1.82, 2.24) is 0 Å². The Morgan fingerprint density at radius 1 is 0.944 bits per heavy atom. The monoisotopic (exact) mass is 275 g/mol. The highest BCUT2D eigenvalue weighted by atomic mass is 35.5. The van der Waals surface area contributed by atoms with E-state index in [0.29, 0.717) is 15.7 Å². The van der Waals surface area contributed by atoms with Crippen molar-refractivity contribution in [3.8, 4) is 0 Å². The fourth-order valence-corrected chi connectivity index (χ4v) is 2.12. The van der Waals surface area contributed by atoms with Gasteiger partial charge in [-0.05, 0) is 23.3 Å². The lowest BCUT2D eigenvalue weighted by Gasteiger charge is -2.13. The lowest BCUT2D eigenvalue weighted by atomic mass is 9.93. The number of nitrogens with zero attached hydrogens (tertiary/aromatic N) is 1. The molecule has 2 aromatic rings. The molecule has 0 fully saturated rings. The molecule has 0 aliphatic heterocycles. The maximum atomic E-state index is 6.93. The Morgan fingerprint density at radius 2 is 1.56 bits per heavy atom. The van der Waals surface area contributed by atoms with Gasteiger partial charge in [-0.1, -0.05) is 60.5 Å². The Labute approximate surface area is 117 Å². The van der Waals surface area contributed by atoms with Crippen LogP contribution >= 0.6 is 23.2 Å². The SMILES string of the molecule is [C-]#[N+]c1ccc(C(C)c2ccc(Cl)c(Cl)c2)cc1. The normalized spacial score (nSPS) is 11.9. The number of rotatable bonds is 2. The first-order chi connectivity index (χ1) is 8.61. The molecule has 1 unspecified atom stereocenters. The second-order valence-electron chi connectivity index (χ2n) is 4.10. The van der Waals surface area contributed by atoms with Crippen LogP contribution in [0.1, 0.15) is 24.0 Å². The summed E-state index contributed by atoms with van der Waals surface area (Å²) in [7, 11) is 0. The minimum absolute atomic E-state index is 0.222. The lowest BCUT2D eigenvalue weighted by Crippen LogP contribution is -1.95. The van der Waals surface area contributed by atoms with Gasteiger partial charge < -0.3 is 0 Å². The highest BCUT2D eigenvalue weighted by Crippen LogP contribution is 2.30. The van der Waals surface area contributed by atoms with Gasteiger partial charge >= 0.3 is 0 Å². The van der Waals surface area contributed by atoms with Gasteiger partial charge in [0.2, 0.25) is 0 Å². The minimum atomic E-state index is 0.222. The van der Waals surface area contributed by atoms with Gasteiger partial charge in [0.25, 0.3) is 0 Å². The first-order valence-corrected chi connectivity index (χ1v) is 6.30. The molecule has 0 heterocycles. The van der Waals surface area contributed by atoms with Crippen LogP contribution in [0.5, 0.6) is 0 Å². The second-order valence-corrected chi connectivity index (χ2v) is 4.91. The van der Waals surface area contributed by atoms with Gasteiger partial charge in [-0.2, -0.15) is 0 Å². The standard InChI is InChI=1S/C15H11Cl2N/c1-10(11-3-6-13(18-2)7-4-11)12-5-8-14(16)15(17)9-12/h3-10H,1H3. The third-order valence-electron chi connectivity index (χ3n) is 2.97. The fraction of sp³-hybridized carbons (Fsp3) is 0.133. The summed E-state index contributed by atoms with van der Waals surface area (Å²) in [5.74, 6) is 0.222. The summed E-state index contributed by atoms with van der Waals surface area (Å²) in [6.45, 7) is 9.03. The molecule has 3 heteroatoms. The predicted molar refractivity (Wildman–Crippen MR) is 76.7 cm³/mol. The number of benzene rings is 2. The van der Waals surface area contributed by atoms with E-state index >= 15 is 0 Å². The van der Waals surface area contributed by atoms with Gasteiger partial charge in [0.05, 0.1) is 16.6 Å². The molecule has 0 N–H and O–H groups in total. The molecule has 0 aliphatic carbocycles. The molecule has 0 aliphatic rings. The van der Waals surface area contributed by atoms with Gasteiger partial charge in [-0.25, -0.2) is 4.85 Å². The summed E-state index contributed by atoms with van der Waals surface area (Å²) in [6, 6.07) is 13.3. The Kier molecular flexibility index (Phi) is 3.91. The van der Waals surface area contributed by atoms with Crippen LogP contribution in [0.4, 0.5) is 5.69 Å². The average molecular weight is 276 g/mol. The Morgan fingerprint density at radius 3 is 2.11 bits per heavy atom. The van der Waals surface area contributed by atoms with Crippen molar-refractivity contribution >= 4 is 28.9 Å². The van der Waals surface area contributed by atoms with E-state index in [4.69, 9.17) is 29.8 Å². The average Bonchev–Trinajstić information content (AvgIpc) is 2.41. The van der Waals surface area contributed by atoms with Crippen molar-refractivity contribution in [2.75, 3.05) is 0 Å². The van der Waals surface area contributed by atoms with E-state index < -0.39 is 0 Å².